The number of methoxy groups -OCH3 is 1. The highest BCUT2D eigenvalue weighted by molar-refractivity contribution is 6.02. The van der Waals surface area contributed by atoms with E-state index in [4.69, 9.17) is 18.9 Å². The van der Waals surface area contributed by atoms with Gasteiger partial charge in [-0.1, -0.05) is 18.2 Å². The summed E-state index contributed by atoms with van der Waals surface area (Å²) in [5.74, 6) is 0.115. The Morgan fingerprint density at radius 3 is 2.56 bits per heavy atom. The third-order valence-corrected chi connectivity index (χ3v) is 5.57. The number of aliphatic hydroxyl groups is 4. The topological polar surface area (TPSA) is 155 Å². The van der Waals surface area contributed by atoms with Gasteiger partial charge in [-0.3, -0.25) is 4.79 Å². The third kappa shape index (κ3) is 3.98. The van der Waals surface area contributed by atoms with Crippen LogP contribution in [0.5, 0.6) is 23.0 Å². The Morgan fingerprint density at radius 1 is 1.09 bits per heavy atom. The Balaban J connectivity index is 1.62. The van der Waals surface area contributed by atoms with E-state index in [0.29, 0.717) is 11.3 Å². The summed E-state index contributed by atoms with van der Waals surface area (Å²) in [5.41, 5.74) is 0.528. The maximum absolute atomic E-state index is 12.7. The van der Waals surface area contributed by atoms with Crippen LogP contribution in [0.3, 0.4) is 0 Å². The van der Waals surface area contributed by atoms with Gasteiger partial charge in [0.2, 0.25) is 6.29 Å². The molecule has 0 spiro atoms. The molecule has 10 heteroatoms. The molecule has 172 valence electrons. The van der Waals surface area contributed by atoms with E-state index in [-0.39, 0.29) is 35.0 Å². The van der Waals surface area contributed by atoms with Crippen molar-refractivity contribution in [1.29, 1.82) is 0 Å². The van der Waals surface area contributed by atoms with Crippen LogP contribution < -0.4 is 14.2 Å². The molecular formula is C22H24O10. The molecule has 4 rings (SSSR count). The minimum Gasteiger partial charge on any atom is -0.507 e. The molecule has 2 aromatic carbocycles. The molecule has 0 aliphatic carbocycles. The summed E-state index contributed by atoms with van der Waals surface area (Å²) in [6, 6.07) is 9.44. The number of hydrogen-bond acceptors (Lipinski definition) is 10. The number of hydrogen-bond donors (Lipinski definition) is 5. The van der Waals surface area contributed by atoms with Crippen LogP contribution >= 0.6 is 0 Å². The van der Waals surface area contributed by atoms with Crippen molar-refractivity contribution in [2.24, 2.45) is 0 Å². The molecule has 0 radical (unpaired) electrons. The van der Waals surface area contributed by atoms with Crippen molar-refractivity contribution in [1.82, 2.24) is 0 Å². The van der Waals surface area contributed by atoms with Crippen molar-refractivity contribution >= 4 is 5.78 Å². The van der Waals surface area contributed by atoms with E-state index in [0.717, 1.165) is 0 Å². The van der Waals surface area contributed by atoms with Crippen molar-refractivity contribution in [2.45, 2.75) is 43.2 Å². The minimum absolute atomic E-state index is 0.0642. The van der Waals surface area contributed by atoms with E-state index in [9.17, 15) is 30.3 Å². The van der Waals surface area contributed by atoms with Gasteiger partial charge in [-0.25, -0.2) is 0 Å². The second-order valence-corrected chi connectivity index (χ2v) is 7.61. The van der Waals surface area contributed by atoms with E-state index in [1.165, 1.54) is 19.2 Å². The van der Waals surface area contributed by atoms with Crippen LogP contribution in [0.1, 0.15) is 28.4 Å². The van der Waals surface area contributed by atoms with Gasteiger partial charge in [0.05, 0.1) is 20.1 Å². The van der Waals surface area contributed by atoms with Gasteiger partial charge in [0, 0.05) is 17.7 Å². The molecule has 6 atom stereocenters. The van der Waals surface area contributed by atoms with E-state index >= 15 is 0 Å². The second-order valence-electron chi connectivity index (χ2n) is 7.61. The molecule has 0 saturated carbocycles. The summed E-state index contributed by atoms with van der Waals surface area (Å²) in [4.78, 5) is 12.7. The number of benzene rings is 2. The number of ketones is 1. The lowest BCUT2D eigenvalue weighted by Gasteiger charge is -2.40. The first kappa shape index (κ1) is 22.3. The van der Waals surface area contributed by atoms with Crippen LogP contribution in [0, 0.1) is 0 Å². The van der Waals surface area contributed by atoms with Crippen LogP contribution in [0.15, 0.2) is 36.4 Å². The van der Waals surface area contributed by atoms with Crippen LogP contribution in [-0.2, 0) is 4.74 Å². The SMILES string of the molecule is COc1cc(O)c2c(c1)O[C@H](c1ccccc1O[C@@H]1O[C@@H](CO)[C@@H](O)[C@H](O)[C@H]1O)CC2=O. The van der Waals surface area contributed by atoms with E-state index < -0.39 is 43.4 Å². The molecule has 0 amide bonds. The van der Waals surface area contributed by atoms with Crippen molar-refractivity contribution < 1.29 is 49.3 Å². The van der Waals surface area contributed by atoms with Gasteiger partial charge in [0.1, 0.15) is 59.1 Å². The highest BCUT2D eigenvalue weighted by Gasteiger charge is 2.45. The zero-order valence-electron chi connectivity index (χ0n) is 17.1. The summed E-state index contributed by atoms with van der Waals surface area (Å²) >= 11 is 0. The summed E-state index contributed by atoms with van der Waals surface area (Å²) < 4.78 is 22.3. The van der Waals surface area contributed by atoms with Crippen molar-refractivity contribution in [3.05, 3.63) is 47.5 Å². The van der Waals surface area contributed by atoms with Gasteiger partial charge in [-0.05, 0) is 6.07 Å². The molecule has 0 bridgehead atoms. The Kier molecular flexibility index (Phi) is 6.22. The average molecular weight is 448 g/mol. The van der Waals surface area contributed by atoms with E-state index in [1.807, 2.05) is 0 Å². The number of fused-ring (bicyclic) bond motifs is 1. The first-order valence-electron chi connectivity index (χ1n) is 10.0. The van der Waals surface area contributed by atoms with Gasteiger partial charge in [-0.2, -0.15) is 0 Å². The number of carbonyl (C=O) groups is 1. The highest BCUT2D eigenvalue weighted by atomic mass is 16.7. The molecule has 2 aliphatic heterocycles. The molecule has 2 heterocycles. The van der Waals surface area contributed by atoms with Gasteiger partial charge in [0.15, 0.2) is 5.78 Å². The Labute approximate surface area is 183 Å². The number of Topliss-reactive ketones (excluding diaryl/α,β-unsaturated/α-hetero) is 1. The van der Waals surface area contributed by atoms with E-state index in [2.05, 4.69) is 0 Å². The summed E-state index contributed by atoms with van der Waals surface area (Å²) in [6.45, 7) is -0.588. The maximum atomic E-state index is 12.7. The lowest BCUT2D eigenvalue weighted by atomic mass is 9.95. The number of aliphatic hydroxyl groups excluding tert-OH is 4. The smallest absolute Gasteiger partial charge is 0.229 e. The van der Waals surface area contributed by atoms with Gasteiger partial charge in [-0.15, -0.1) is 0 Å². The summed E-state index contributed by atoms with van der Waals surface area (Å²) in [7, 11) is 1.42. The quantitative estimate of drug-likeness (QED) is 0.431. The molecule has 2 aromatic rings. The zero-order chi connectivity index (χ0) is 23.0. The Bertz CT molecular complexity index is 991. The molecule has 5 N–H and O–H groups in total. The number of ether oxygens (including phenoxy) is 4. The van der Waals surface area contributed by atoms with Crippen molar-refractivity contribution in [2.75, 3.05) is 13.7 Å². The van der Waals surface area contributed by atoms with Crippen LogP contribution in [-0.4, -0.2) is 75.7 Å². The Hall–Kier alpha value is -2.89. The largest absolute Gasteiger partial charge is 0.507 e. The fourth-order valence-corrected chi connectivity index (χ4v) is 3.85. The lowest BCUT2D eigenvalue weighted by molar-refractivity contribution is -0.277. The molecule has 2 aliphatic rings. The Morgan fingerprint density at radius 2 is 1.84 bits per heavy atom. The molecule has 1 saturated heterocycles. The summed E-state index contributed by atoms with van der Waals surface area (Å²) in [6.07, 6.45) is -8.05. The molecule has 32 heavy (non-hydrogen) atoms. The predicted octanol–water partition coefficient (Wildman–Crippen LogP) is 0.286. The standard InChI is InChI=1S/C22H24O10/c1-29-10-6-12(24)18-13(25)8-15(30-16(18)7-10)11-4-2-3-5-14(11)31-22-21(28)20(27)19(26)17(9-23)32-22/h2-7,15,17,19-24,26-28H,8-9H2,1H3/t15-,17-,19+,20-,21+,22+/m0/s1. The monoisotopic (exact) mass is 448 g/mol. The third-order valence-electron chi connectivity index (χ3n) is 5.57. The zero-order valence-corrected chi connectivity index (χ0v) is 17.1. The summed E-state index contributed by atoms with van der Waals surface area (Å²) in [5, 5.41) is 49.8. The second kappa shape index (κ2) is 8.93. The van der Waals surface area contributed by atoms with Crippen molar-refractivity contribution in [3.8, 4) is 23.0 Å². The van der Waals surface area contributed by atoms with E-state index in [1.54, 1.807) is 24.3 Å². The average Bonchev–Trinajstić information content (AvgIpc) is 2.79. The number of aromatic hydroxyl groups is 1. The fraction of sp³-hybridized carbons (Fsp3) is 0.409. The molecule has 0 aromatic heterocycles. The first-order chi connectivity index (χ1) is 15.3. The number of phenols is 1. The lowest BCUT2D eigenvalue weighted by Crippen LogP contribution is -2.60. The first-order valence-corrected chi connectivity index (χ1v) is 10.0. The molecule has 0 unspecified atom stereocenters. The maximum Gasteiger partial charge on any atom is 0.229 e. The molecule has 10 nitrogen and oxygen atoms in total. The number of carbonyl (C=O) groups excluding carboxylic acids is 1. The van der Waals surface area contributed by atoms with Crippen molar-refractivity contribution in [3.63, 3.8) is 0 Å². The fourth-order valence-electron chi connectivity index (χ4n) is 3.85. The number of para-hydroxylation sites is 1. The normalized spacial score (nSPS) is 29.7. The van der Waals surface area contributed by atoms with Gasteiger partial charge < -0.3 is 44.5 Å². The van der Waals surface area contributed by atoms with Gasteiger partial charge in [0.25, 0.3) is 0 Å². The minimum atomic E-state index is -1.59. The highest BCUT2D eigenvalue weighted by Crippen LogP contribution is 2.43. The molecular weight excluding hydrogens is 424 g/mol. The van der Waals surface area contributed by atoms with Crippen LogP contribution in [0.25, 0.3) is 0 Å². The predicted molar refractivity (Wildman–Crippen MR) is 108 cm³/mol. The van der Waals surface area contributed by atoms with Crippen LogP contribution in [0.4, 0.5) is 0 Å². The van der Waals surface area contributed by atoms with Gasteiger partial charge >= 0.3 is 0 Å². The molecule has 1 fully saturated rings. The number of rotatable bonds is 5. The number of phenolic OH excluding ortho intramolecular Hbond substituents is 1. The van der Waals surface area contributed by atoms with Crippen LogP contribution in [0.2, 0.25) is 0 Å².